The summed E-state index contributed by atoms with van der Waals surface area (Å²) < 4.78 is 15.6. The standard InChI is InChI=1S/C9H9BrFN5/c1-2-12-9-13-4-7(11)8(15-9)16-5-6(10)3-14-16/h3-5H,2H2,1H3,(H,12,13,15). The topological polar surface area (TPSA) is 55.6 Å². The predicted molar refractivity (Wildman–Crippen MR) is 61.0 cm³/mol. The molecule has 7 heteroatoms. The number of hydrogen-bond acceptors (Lipinski definition) is 4. The summed E-state index contributed by atoms with van der Waals surface area (Å²) >= 11 is 3.24. The summed E-state index contributed by atoms with van der Waals surface area (Å²) in [6.07, 6.45) is 4.31. The Hall–Kier alpha value is -1.50. The highest BCUT2D eigenvalue weighted by Crippen LogP contribution is 2.14. The van der Waals surface area contributed by atoms with E-state index in [2.05, 4.69) is 36.3 Å². The van der Waals surface area contributed by atoms with E-state index in [4.69, 9.17) is 0 Å². The Balaban J connectivity index is 2.42. The van der Waals surface area contributed by atoms with Crippen molar-refractivity contribution in [1.29, 1.82) is 0 Å². The molecule has 0 bridgehead atoms. The van der Waals surface area contributed by atoms with E-state index in [0.29, 0.717) is 12.5 Å². The van der Waals surface area contributed by atoms with Crippen LogP contribution in [0.4, 0.5) is 10.3 Å². The second-order valence-corrected chi connectivity index (χ2v) is 3.91. The highest BCUT2D eigenvalue weighted by atomic mass is 79.9. The van der Waals surface area contributed by atoms with E-state index in [1.54, 1.807) is 12.4 Å². The van der Waals surface area contributed by atoms with Gasteiger partial charge < -0.3 is 5.32 Å². The number of anilines is 1. The van der Waals surface area contributed by atoms with E-state index in [1.807, 2.05) is 6.92 Å². The number of halogens is 2. The van der Waals surface area contributed by atoms with Crippen molar-refractivity contribution < 1.29 is 4.39 Å². The van der Waals surface area contributed by atoms with Crippen LogP contribution in [0.2, 0.25) is 0 Å². The van der Waals surface area contributed by atoms with Gasteiger partial charge in [0.15, 0.2) is 11.6 Å². The molecule has 0 aliphatic rings. The highest BCUT2D eigenvalue weighted by molar-refractivity contribution is 9.10. The molecule has 2 aromatic heterocycles. The zero-order valence-corrected chi connectivity index (χ0v) is 10.1. The molecule has 0 aromatic carbocycles. The Morgan fingerprint density at radius 1 is 1.50 bits per heavy atom. The Morgan fingerprint density at radius 2 is 2.31 bits per heavy atom. The highest BCUT2D eigenvalue weighted by Gasteiger charge is 2.09. The molecule has 0 saturated carbocycles. The first kappa shape index (κ1) is 11.0. The van der Waals surface area contributed by atoms with Crippen LogP contribution in [-0.4, -0.2) is 26.3 Å². The Kier molecular flexibility index (Phi) is 3.14. The third-order valence-electron chi connectivity index (χ3n) is 1.83. The number of aromatic nitrogens is 4. The first-order chi connectivity index (χ1) is 7.70. The molecule has 16 heavy (non-hydrogen) atoms. The van der Waals surface area contributed by atoms with Crippen molar-refractivity contribution in [3.63, 3.8) is 0 Å². The van der Waals surface area contributed by atoms with E-state index in [-0.39, 0.29) is 5.82 Å². The summed E-state index contributed by atoms with van der Waals surface area (Å²) in [5.74, 6) is -0.0144. The molecule has 2 heterocycles. The van der Waals surface area contributed by atoms with Crippen LogP contribution in [0.1, 0.15) is 6.92 Å². The first-order valence-corrected chi connectivity index (χ1v) is 5.47. The molecular formula is C9H9BrFN5. The lowest BCUT2D eigenvalue weighted by molar-refractivity contribution is 0.593. The van der Waals surface area contributed by atoms with E-state index in [9.17, 15) is 4.39 Å². The third-order valence-corrected chi connectivity index (χ3v) is 2.24. The molecule has 0 fully saturated rings. The Bertz CT molecular complexity index is 498. The lowest BCUT2D eigenvalue weighted by Gasteiger charge is -2.05. The zero-order chi connectivity index (χ0) is 11.5. The summed E-state index contributed by atoms with van der Waals surface area (Å²) in [7, 11) is 0. The molecular weight excluding hydrogens is 277 g/mol. The number of hydrogen-bond donors (Lipinski definition) is 1. The average molecular weight is 286 g/mol. The van der Waals surface area contributed by atoms with Crippen LogP contribution < -0.4 is 5.32 Å². The SMILES string of the molecule is CCNc1ncc(F)c(-n2cc(Br)cn2)n1. The summed E-state index contributed by atoms with van der Waals surface area (Å²) in [4.78, 5) is 7.84. The normalized spacial score (nSPS) is 10.4. The second-order valence-electron chi connectivity index (χ2n) is 3.00. The van der Waals surface area contributed by atoms with Crippen molar-refractivity contribution in [3.8, 4) is 5.82 Å². The summed E-state index contributed by atoms with van der Waals surface area (Å²) in [6.45, 7) is 2.59. The van der Waals surface area contributed by atoms with Crippen molar-refractivity contribution in [2.24, 2.45) is 0 Å². The summed E-state index contributed by atoms with van der Waals surface area (Å²) in [6, 6.07) is 0. The van der Waals surface area contributed by atoms with Gasteiger partial charge in [0, 0.05) is 12.7 Å². The van der Waals surface area contributed by atoms with Crippen molar-refractivity contribution in [2.45, 2.75) is 6.92 Å². The molecule has 0 aliphatic heterocycles. The second kappa shape index (κ2) is 4.56. The molecule has 0 aliphatic carbocycles. The summed E-state index contributed by atoms with van der Waals surface area (Å²) in [5.41, 5.74) is 0. The van der Waals surface area contributed by atoms with Crippen molar-refractivity contribution in [2.75, 3.05) is 11.9 Å². The van der Waals surface area contributed by atoms with E-state index in [0.717, 1.165) is 10.7 Å². The van der Waals surface area contributed by atoms with Gasteiger partial charge in [-0.15, -0.1) is 0 Å². The maximum atomic E-state index is 13.5. The van der Waals surface area contributed by atoms with Gasteiger partial charge in [-0.05, 0) is 22.9 Å². The minimum absolute atomic E-state index is 0.122. The molecule has 0 spiro atoms. The lowest BCUT2D eigenvalue weighted by atomic mass is 10.5. The number of rotatable bonds is 3. The number of nitrogens with one attached hydrogen (secondary N) is 1. The molecule has 0 amide bonds. The molecule has 84 valence electrons. The molecule has 1 N–H and O–H groups in total. The van der Waals surface area contributed by atoms with Crippen LogP contribution >= 0.6 is 15.9 Å². The Labute approximate surface area is 99.8 Å². The molecule has 2 aromatic rings. The molecule has 0 unspecified atom stereocenters. The van der Waals surface area contributed by atoms with Crippen molar-refractivity contribution in [1.82, 2.24) is 19.7 Å². The average Bonchev–Trinajstić information content (AvgIpc) is 2.68. The Morgan fingerprint density at radius 3 is 2.94 bits per heavy atom. The van der Waals surface area contributed by atoms with Gasteiger partial charge >= 0.3 is 0 Å². The van der Waals surface area contributed by atoms with Gasteiger partial charge in [0.05, 0.1) is 16.9 Å². The summed E-state index contributed by atoms with van der Waals surface area (Å²) in [5, 5.41) is 6.87. The third kappa shape index (κ3) is 2.19. The predicted octanol–water partition coefficient (Wildman–Crippen LogP) is 2.00. The van der Waals surface area contributed by atoms with Crippen molar-refractivity contribution in [3.05, 3.63) is 28.9 Å². The molecule has 5 nitrogen and oxygen atoms in total. The van der Waals surface area contributed by atoms with Gasteiger partial charge in [0.25, 0.3) is 0 Å². The minimum atomic E-state index is -0.516. The lowest BCUT2D eigenvalue weighted by Crippen LogP contribution is -2.08. The monoisotopic (exact) mass is 285 g/mol. The van der Waals surface area contributed by atoms with E-state index >= 15 is 0 Å². The largest absolute Gasteiger partial charge is 0.354 e. The van der Waals surface area contributed by atoms with Gasteiger partial charge in [-0.2, -0.15) is 10.1 Å². The zero-order valence-electron chi connectivity index (χ0n) is 8.48. The first-order valence-electron chi connectivity index (χ1n) is 4.67. The molecule has 0 saturated heterocycles. The van der Waals surface area contributed by atoms with Gasteiger partial charge in [-0.3, -0.25) is 0 Å². The fourth-order valence-electron chi connectivity index (χ4n) is 1.18. The van der Waals surface area contributed by atoms with Crippen LogP contribution in [0.5, 0.6) is 0 Å². The smallest absolute Gasteiger partial charge is 0.224 e. The van der Waals surface area contributed by atoms with Crippen LogP contribution in [0.25, 0.3) is 5.82 Å². The number of nitrogens with zero attached hydrogens (tertiary/aromatic N) is 4. The molecule has 2 rings (SSSR count). The molecule has 0 radical (unpaired) electrons. The van der Waals surface area contributed by atoms with Crippen LogP contribution in [-0.2, 0) is 0 Å². The van der Waals surface area contributed by atoms with Gasteiger partial charge in [-0.25, -0.2) is 14.1 Å². The minimum Gasteiger partial charge on any atom is -0.354 e. The quantitative estimate of drug-likeness (QED) is 0.937. The van der Waals surface area contributed by atoms with Crippen LogP contribution in [0.15, 0.2) is 23.1 Å². The van der Waals surface area contributed by atoms with Crippen LogP contribution in [0.3, 0.4) is 0 Å². The van der Waals surface area contributed by atoms with Gasteiger partial charge in [0.1, 0.15) is 0 Å². The van der Waals surface area contributed by atoms with Gasteiger partial charge in [0.2, 0.25) is 5.95 Å². The maximum absolute atomic E-state index is 13.5. The fraction of sp³-hybridized carbons (Fsp3) is 0.222. The van der Waals surface area contributed by atoms with Crippen molar-refractivity contribution >= 4 is 21.9 Å². The fourth-order valence-corrected chi connectivity index (χ4v) is 1.46. The molecule has 0 atom stereocenters. The van der Waals surface area contributed by atoms with E-state index in [1.165, 1.54) is 4.68 Å². The van der Waals surface area contributed by atoms with Gasteiger partial charge in [-0.1, -0.05) is 0 Å². The van der Waals surface area contributed by atoms with Crippen LogP contribution in [0, 0.1) is 5.82 Å². The maximum Gasteiger partial charge on any atom is 0.224 e. The van der Waals surface area contributed by atoms with E-state index < -0.39 is 5.82 Å².